The molecule has 8 heteroatoms. The van der Waals surface area contributed by atoms with Gasteiger partial charge in [-0.25, -0.2) is 13.1 Å². The summed E-state index contributed by atoms with van der Waals surface area (Å²) in [6.45, 7) is 3.11. The summed E-state index contributed by atoms with van der Waals surface area (Å²) in [5.41, 5.74) is -0.218. The van der Waals surface area contributed by atoms with Crippen molar-refractivity contribution in [2.24, 2.45) is 5.92 Å². The van der Waals surface area contributed by atoms with Gasteiger partial charge in [-0.3, -0.25) is 14.9 Å². The molecule has 0 aliphatic carbocycles. The van der Waals surface area contributed by atoms with Gasteiger partial charge in [0.1, 0.15) is 0 Å². The highest BCUT2D eigenvalue weighted by molar-refractivity contribution is 7.90. The highest BCUT2D eigenvalue weighted by Gasteiger charge is 2.20. The molecule has 0 bridgehead atoms. The summed E-state index contributed by atoms with van der Waals surface area (Å²) in [4.78, 5) is 20.9. The molecule has 0 heterocycles. The number of nitro benzene ring substituents is 1. The largest absolute Gasteiger partial charge is 0.274 e. The van der Waals surface area contributed by atoms with Crippen molar-refractivity contribution in [3.8, 4) is 0 Å². The van der Waals surface area contributed by atoms with Gasteiger partial charge in [0.05, 0.1) is 9.82 Å². The molecule has 1 rings (SSSR count). The molecule has 1 N–H and O–H groups in total. The molecular weight excluding hydrogens is 260 g/mol. The number of carbonyl (C=O) groups excluding carboxylic acids is 1. The molecule has 0 unspecified atom stereocenters. The van der Waals surface area contributed by atoms with E-state index >= 15 is 0 Å². The topological polar surface area (TPSA) is 106 Å². The Hall–Kier alpha value is -1.96. The smallest absolute Gasteiger partial charge is 0.269 e. The van der Waals surface area contributed by atoms with Gasteiger partial charge in [-0.05, 0) is 12.1 Å². The summed E-state index contributed by atoms with van der Waals surface area (Å²) in [5, 5.41) is 10.4. The fraction of sp³-hybridized carbons (Fsp3) is 0.300. The third kappa shape index (κ3) is 3.27. The molecule has 18 heavy (non-hydrogen) atoms. The van der Waals surface area contributed by atoms with Gasteiger partial charge in [-0.1, -0.05) is 13.8 Å². The van der Waals surface area contributed by atoms with Crippen LogP contribution in [0.15, 0.2) is 29.2 Å². The van der Waals surface area contributed by atoms with E-state index in [0.717, 1.165) is 24.3 Å². The van der Waals surface area contributed by atoms with Crippen LogP contribution in [-0.4, -0.2) is 19.2 Å². The molecule has 1 amide bonds. The first-order chi connectivity index (χ1) is 8.24. The highest BCUT2D eigenvalue weighted by Crippen LogP contribution is 2.15. The number of hydrogen-bond acceptors (Lipinski definition) is 5. The molecule has 1 aromatic carbocycles. The van der Waals surface area contributed by atoms with E-state index in [9.17, 15) is 23.3 Å². The summed E-state index contributed by atoms with van der Waals surface area (Å²) in [6.07, 6.45) is 0. The summed E-state index contributed by atoms with van der Waals surface area (Å²) in [6, 6.07) is 4.28. The van der Waals surface area contributed by atoms with Crippen LogP contribution in [0.2, 0.25) is 0 Å². The molecule has 98 valence electrons. The van der Waals surface area contributed by atoms with Crippen molar-refractivity contribution < 1.29 is 18.1 Å². The average Bonchev–Trinajstić information content (AvgIpc) is 2.28. The zero-order valence-corrected chi connectivity index (χ0v) is 10.6. The quantitative estimate of drug-likeness (QED) is 0.651. The Morgan fingerprint density at radius 2 is 1.78 bits per heavy atom. The summed E-state index contributed by atoms with van der Waals surface area (Å²) in [7, 11) is -3.97. The number of nitrogens with one attached hydrogen (secondary N) is 1. The van der Waals surface area contributed by atoms with E-state index in [1.807, 2.05) is 4.72 Å². The second kappa shape index (κ2) is 5.13. The Morgan fingerprint density at radius 3 is 2.17 bits per heavy atom. The number of benzene rings is 1. The number of sulfonamides is 1. The van der Waals surface area contributed by atoms with Gasteiger partial charge in [0.15, 0.2) is 0 Å². The first-order valence-corrected chi connectivity index (χ1v) is 6.53. The van der Waals surface area contributed by atoms with Gasteiger partial charge in [0.2, 0.25) is 5.91 Å². The molecule has 0 radical (unpaired) electrons. The van der Waals surface area contributed by atoms with E-state index in [1.165, 1.54) is 0 Å². The maximum atomic E-state index is 11.7. The predicted molar refractivity (Wildman–Crippen MR) is 63.3 cm³/mol. The average molecular weight is 272 g/mol. The second-order valence-corrected chi connectivity index (χ2v) is 5.56. The molecule has 0 fully saturated rings. The van der Waals surface area contributed by atoms with Crippen molar-refractivity contribution in [3.63, 3.8) is 0 Å². The molecule has 0 aromatic heterocycles. The Balaban J connectivity index is 2.99. The fourth-order valence-corrected chi connectivity index (χ4v) is 2.17. The Morgan fingerprint density at radius 1 is 1.28 bits per heavy atom. The zero-order chi connectivity index (χ0) is 13.9. The number of carbonyl (C=O) groups is 1. The number of hydrogen-bond donors (Lipinski definition) is 1. The van der Waals surface area contributed by atoms with E-state index in [0.29, 0.717) is 0 Å². The molecule has 0 aliphatic rings. The SMILES string of the molecule is CC(C)C(=O)NS(=O)(=O)c1ccc([N+](=O)[O-])cc1. The van der Waals surface area contributed by atoms with Crippen molar-refractivity contribution in [2.45, 2.75) is 18.7 Å². The molecule has 0 saturated carbocycles. The van der Waals surface area contributed by atoms with E-state index in [1.54, 1.807) is 13.8 Å². The molecule has 0 spiro atoms. The van der Waals surface area contributed by atoms with Crippen LogP contribution in [0.4, 0.5) is 5.69 Å². The number of rotatable bonds is 4. The van der Waals surface area contributed by atoms with Crippen LogP contribution >= 0.6 is 0 Å². The minimum absolute atomic E-state index is 0.192. The van der Waals surface area contributed by atoms with Crippen molar-refractivity contribution in [1.29, 1.82) is 0 Å². The lowest BCUT2D eigenvalue weighted by atomic mass is 10.2. The Labute approximate surface area is 104 Å². The van der Waals surface area contributed by atoms with Gasteiger partial charge in [-0.15, -0.1) is 0 Å². The molecule has 0 saturated heterocycles. The van der Waals surface area contributed by atoms with Gasteiger partial charge >= 0.3 is 0 Å². The summed E-state index contributed by atoms with van der Waals surface area (Å²) >= 11 is 0. The third-order valence-electron chi connectivity index (χ3n) is 2.12. The van der Waals surface area contributed by atoms with Gasteiger partial charge in [-0.2, -0.15) is 0 Å². The lowest BCUT2D eigenvalue weighted by Gasteiger charge is -2.08. The number of nitrogens with zero attached hydrogens (tertiary/aromatic N) is 1. The Bertz CT molecular complexity index is 562. The van der Waals surface area contributed by atoms with Crippen LogP contribution < -0.4 is 4.72 Å². The van der Waals surface area contributed by atoms with Crippen molar-refractivity contribution >= 4 is 21.6 Å². The maximum Gasteiger partial charge on any atom is 0.269 e. The molecule has 7 nitrogen and oxygen atoms in total. The number of amides is 1. The first-order valence-electron chi connectivity index (χ1n) is 5.05. The predicted octanol–water partition coefficient (Wildman–Crippen LogP) is 1.06. The van der Waals surface area contributed by atoms with Crippen LogP contribution in [0, 0.1) is 16.0 Å². The summed E-state index contributed by atoms with van der Waals surface area (Å²) < 4.78 is 25.3. The lowest BCUT2D eigenvalue weighted by molar-refractivity contribution is -0.384. The zero-order valence-electron chi connectivity index (χ0n) is 9.78. The van der Waals surface area contributed by atoms with Crippen LogP contribution in [-0.2, 0) is 14.8 Å². The van der Waals surface area contributed by atoms with Crippen molar-refractivity contribution in [1.82, 2.24) is 4.72 Å². The fourth-order valence-electron chi connectivity index (χ4n) is 1.06. The van der Waals surface area contributed by atoms with Crippen LogP contribution in [0.1, 0.15) is 13.8 Å². The first kappa shape index (κ1) is 14.1. The van der Waals surface area contributed by atoms with Gasteiger partial charge in [0, 0.05) is 18.1 Å². The van der Waals surface area contributed by atoms with Gasteiger partial charge < -0.3 is 0 Å². The van der Waals surface area contributed by atoms with E-state index in [-0.39, 0.29) is 10.6 Å². The monoisotopic (exact) mass is 272 g/mol. The second-order valence-electron chi connectivity index (χ2n) is 3.88. The minimum atomic E-state index is -3.97. The van der Waals surface area contributed by atoms with E-state index < -0.39 is 26.8 Å². The normalized spacial score (nSPS) is 11.3. The number of nitro groups is 1. The number of non-ortho nitro benzene ring substituents is 1. The van der Waals surface area contributed by atoms with Crippen molar-refractivity contribution in [3.05, 3.63) is 34.4 Å². The molecular formula is C10H12N2O5S. The Kier molecular flexibility index (Phi) is 4.02. The molecule has 0 aliphatic heterocycles. The molecule has 1 aromatic rings. The van der Waals surface area contributed by atoms with Crippen LogP contribution in [0.5, 0.6) is 0 Å². The maximum absolute atomic E-state index is 11.7. The van der Waals surface area contributed by atoms with E-state index in [4.69, 9.17) is 0 Å². The highest BCUT2D eigenvalue weighted by atomic mass is 32.2. The minimum Gasteiger partial charge on any atom is -0.274 e. The van der Waals surface area contributed by atoms with E-state index in [2.05, 4.69) is 0 Å². The lowest BCUT2D eigenvalue weighted by Crippen LogP contribution is -2.33. The third-order valence-corrected chi connectivity index (χ3v) is 3.48. The van der Waals surface area contributed by atoms with Crippen LogP contribution in [0.25, 0.3) is 0 Å². The van der Waals surface area contributed by atoms with Gasteiger partial charge in [0.25, 0.3) is 15.7 Å². The van der Waals surface area contributed by atoms with Crippen molar-refractivity contribution in [2.75, 3.05) is 0 Å². The standard InChI is InChI=1S/C10H12N2O5S/c1-7(2)10(13)11-18(16,17)9-5-3-8(4-6-9)12(14)15/h3-7H,1-2H3,(H,11,13). The molecule has 0 atom stereocenters. The summed E-state index contributed by atoms with van der Waals surface area (Å²) in [5.74, 6) is -1.11. The van der Waals surface area contributed by atoms with Crippen LogP contribution in [0.3, 0.4) is 0 Å².